The van der Waals surface area contributed by atoms with Gasteiger partial charge in [-0.05, 0) is 35.7 Å². The molecule has 0 spiro atoms. The van der Waals surface area contributed by atoms with Crippen molar-refractivity contribution >= 4 is 15.9 Å². The molecule has 0 saturated heterocycles. The van der Waals surface area contributed by atoms with Crippen LogP contribution < -0.4 is 5.73 Å². The van der Waals surface area contributed by atoms with Gasteiger partial charge in [-0.15, -0.1) is 0 Å². The van der Waals surface area contributed by atoms with Gasteiger partial charge in [0.05, 0.1) is 6.10 Å². The average Bonchev–Trinajstić information content (AvgIpc) is 2.41. The Morgan fingerprint density at radius 2 is 1.89 bits per heavy atom. The molecule has 2 unspecified atom stereocenters. The lowest BCUT2D eigenvalue weighted by molar-refractivity contribution is 0.147. The lowest BCUT2D eigenvalue weighted by atomic mass is 9.87. The van der Waals surface area contributed by atoms with E-state index in [4.69, 9.17) is 5.73 Å². The highest BCUT2D eigenvalue weighted by Gasteiger charge is 2.22. The minimum Gasteiger partial charge on any atom is -0.388 e. The number of aliphatic hydroxyl groups is 1. The molecule has 0 radical (unpaired) electrons. The van der Waals surface area contributed by atoms with E-state index in [1.54, 1.807) is 0 Å². The fourth-order valence-electron chi connectivity index (χ4n) is 2.35. The number of benzene rings is 2. The summed E-state index contributed by atoms with van der Waals surface area (Å²) in [6, 6.07) is 15.8. The summed E-state index contributed by atoms with van der Waals surface area (Å²) in [4.78, 5) is 0. The number of nitrogens with two attached hydrogens (primary N) is 1. The van der Waals surface area contributed by atoms with Crippen molar-refractivity contribution in [1.82, 2.24) is 0 Å². The van der Waals surface area contributed by atoms with Crippen LogP contribution in [-0.2, 0) is 0 Å². The highest BCUT2D eigenvalue weighted by Crippen LogP contribution is 2.32. The first kappa shape index (κ1) is 14.3. The lowest BCUT2D eigenvalue weighted by Gasteiger charge is -2.24. The van der Waals surface area contributed by atoms with E-state index in [9.17, 15) is 5.11 Å². The quantitative estimate of drug-likeness (QED) is 0.905. The Morgan fingerprint density at radius 1 is 1.16 bits per heavy atom. The van der Waals surface area contributed by atoms with E-state index in [-0.39, 0.29) is 5.92 Å². The van der Waals surface area contributed by atoms with Crippen LogP contribution in [0.25, 0.3) is 0 Å². The molecule has 2 aromatic rings. The van der Waals surface area contributed by atoms with E-state index in [1.165, 1.54) is 0 Å². The maximum Gasteiger partial charge on any atom is 0.0871 e. The molecule has 2 atom stereocenters. The molecule has 0 bridgehead atoms. The Hall–Kier alpha value is -1.16. The SMILES string of the molecule is Cc1ccccc1C(CN)C(O)c1cccc(Br)c1. The first-order chi connectivity index (χ1) is 9.13. The smallest absolute Gasteiger partial charge is 0.0871 e. The van der Waals surface area contributed by atoms with Gasteiger partial charge in [0, 0.05) is 16.9 Å². The summed E-state index contributed by atoms with van der Waals surface area (Å²) in [5, 5.41) is 10.6. The molecule has 3 N–H and O–H groups in total. The fourth-order valence-corrected chi connectivity index (χ4v) is 2.77. The number of hydrogen-bond donors (Lipinski definition) is 2. The monoisotopic (exact) mass is 319 g/mol. The second-order valence-electron chi connectivity index (χ2n) is 4.70. The predicted molar refractivity (Wildman–Crippen MR) is 82.1 cm³/mol. The van der Waals surface area contributed by atoms with E-state index in [0.29, 0.717) is 6.54 Å². The third kappa shape index (κ3) is 3.24. The molecule has 2 rings (SSSR count). The van der Waals surface area contributed by atoms with Crippen LogP contribution in [0, 0.1) is 6.92 Å². The lowest BCUT2D eigenvalue weighted by Crippen LogP contribution is -2.21. The molecule has 2 aromatic carbocycles. The van der Waals surface area contributed by atoms with Gasteiger partial charge >= 0.3 is 0 Å². The molecule has 0 aromatic heterocycles. The van der Waals surface area contributed by atoms with Gasteiger partial charge in [0.15, 0.2) is 0 Å². The second-order valence-corrected chi connectivity index (χ2v) is 5.61. The summed E-state index contributed by atoms with van der Waals surface area (Å²) < 4.78 is 0.963. The molecule has 19 heavy (non-hydrogen) atoms. The first-order valence-electron chi connectivity index (χ1n) is 6.32. The van der Waals surface area contributed by atoms with Gasteiger partial charge in [-0.1, -0.05) is 52.3 Å². The molecule has 3 heteroatoms. The molecule has 0 heterocycles. The number of halogens is 1. The van der Waals surface area contributed by atoms with Crippen LogP contribution in [0.3, 0.4) is 0 Å². The van der Waals surface area contributed by atoms with Crippen molar-refractivity contribution in [3.63, 3.8) is 0 Å². The van der Waals surface area contributed by atoms with Crippen LogP contribution in [-0.4, -0.2) is 11.7 Å². The molecule has 0 aliphatic carbocycles. The van der Waals surface area contributed by atoms with E-state index in [0.717, 1.165) is 21.2 Å². The summed E-state index contributed by atoms with van der Waals surface area (Å²) in [5.74, 6) is -0.0875. The largest absolute Gasteiger partial charge is 0.388 e. The molecule has 2 nitrogen and oxygen atoms in total. The molecule has 0 aliphatic rings. The summed E-state index contributed by atoms with van der Waals surface area (Å²) in [6.45, 7) is 2.46. The molecule has 0 saturated carbocycles. The molecule has 0 amide bonds. The molecular formula is C16H18BrNO. The molecule has 0 fully saturated rings. The van der Waals surface area contributed by atoms with E-state index in [2.05, 4.69) is 15.9 Å². The minimum absolute atomic E-state index is 0.0875. The van der Waals surface area contributed by atoms with E-state index in [1.807, 2.05) is 55.5 Å². The summed E-state index contributed by atoms with van der Waals surface area (Å²) >= 11 is 3.43. The van der Waals surface area contributed by atoms with Gasteiger partial charge in [-0.3, -0.25) is 0 Å². The van der Waals surface area contributed by atoms with Crippen molar-refractivity contribution in [3.8, 4) is 0 Å². The van der Waals surface area contributed by atoms with Crippen LogP contribution in [0.15, 0.2) is 53.0 Å². The van der Waals surface area contributed by atoms with Crippen molar-refractivity contribution in [2.24, 2.45) is 5.73 Å². The normalized spacial score (nSPS) is 14.1. The Bertz CT molecular complexity index is 556. The maximum atomic E-state index is 10.6. The maximum absolute atomic E-state index is 10.6. The zero-order valence-corrected chi connectivity index (χ0v) is 12.5. The topological polar surface area (TPSA) is 46.2 Å². The Labute approximate surface area is 122 Å². The highest BCUT2D eigenvalue weighted by molar-refractivity contribution is 9.10. The number of aliphatic hydroxyl groups excluding tert-OH is 1. The van der Waals surface area contributed by atoms with E-state index < -0.39 is 6.10 Å². The van der Waals surface area contributed by atoms with Crippen LogP contribution in [0.5, 0.6) is 0 Å². The van der Waals surface area contributed by atoms with Gasteiger partial charge in [0.2, 0.25) is 0 Å². The predicted octanol–water partition coefficient (Wildman–Crippen LogP) is 3.53. The third-order valence-corrected chi connectivity index (χ3v) is 3.91. The minimum atomic E-state index is -0.594. The van der Waals surface area contributed by atoms with E-state index >= 15 is 0 Å². The van der Waals surface area contributed by atoms with Crippen molar-refractivity contribution in [1.29, 1.82) is 0 Å². The molecule has 0 aliphatic heterocycles. The number of rotatable bonds is 4. The standard InChI is InChI=1S/C16H18BrNO/c1-11-5-2-3-8-14(11)15(10-18)16(19)12-6-4-7-13(17)9-12/h2-9,15-16,19H,10,18H2,1H3. The van der Waals surface area contributed by atoms with Crippen molar-refractivity contribution in [2.45, 2.75) is 18.9 Å². The van der Waals surface area contributed by atoms with Gasteiger partial charge in [-0.2, -0.15) is 0 Å². The van der Waals surface area contributed by atoms with Crippen LogP contribution in [0.2, 0.25) is 0 Å². The van der Waals surface area contributed by atoms with Crippen LogP contribution in [0.4, 0.5) is 0 Å². The number of hydrogen-bond acceptors (Lipinski definition) is 2. The summed E-state index contributed by atoms with van der Waals surface area (Å²) in [5.41, 5.74) is 9.03. The molecular weight excluding hydrogens is 302 g/mol. The Kier molecular flexibility index (Phi) is 4.75. The van der Waals surface area contributed by atoms with Gasteiger partial charge in [0.25, 0.3) is 0 Å². The van der Waals surface area contributed by atoms with Crippen LogP contribution >= 0.6 is 15.9 Å². The van der Waals surface area contributed by atoms with Crippen molar-refractivity contribution in [3.05, 3.63) is 69.7 Å². The zero-order chi connectivity index (χ0) is 13.8. The first-order valence-corrected chi connectivity index (χ1v) is 7.12. The third-order valence-electron chi connectivity index (χ3n) is 3.41. The highest BCUT2D eigenvalue weighted by atomic mass is 79.9. The Balaban J connectivity index is 2.35. The zero-order valence-electron chi connectivity index (χ0n) is 10.9. The summed E-state index contributed by atoms with van der Waals surface area (Å²) in [7, 11) is 0. The van der Waals surface area contributed by atoms with Gasteiger partial charge < -0.3 is 10.8 Å². The van der Waals surface area contributed by atoms with Gasteiger partial charge in [-0.25, -0.2) is 0 Å². The number of aryl methyl sites for hydroxylation is 1. The average molecular weight is 320 g/mol. The van der Waals surface area contributed by atoms with Crippen molar-refractivity contribution < 1.29 is 5.11 Å². The Morgan fingerprint density at radius 3 is 2.53 bits per heavy atom. The van der Waals surface area contributed by atoms with Gasteiger partial charge in [0.1, 0.15) is 0 Å². The van der Waals surface area contributed by atoms with Crippen molar-refractivity contribution in [2.75, 3.05) is 6.54 Å². The fraction of sp³-hybridized carbons (Fsp3) is 0.250. The summed E-state index contributed by atoms with van der Waals surface area (Å²) in [6.07, 6.45) is -0.594. The van der Waals surface area contributed by atoms with Crippen LogP contribution in [0.1, 0.15) is 28.7 Å². The second kappa shape index (κ2) is 6.33. The molecule has 100 valence electrons.